The molecule has 0 spiro atoms. The summed E-state index contributed by atoms with van der Waals surface area (Å²) in [5, 5.41) is 0. The quantitative estimate of drug-likeness (QED) is 0.366. The van der Waals surface area contributed by atoms with Gasteiger partial charge in [-0.1, -0.05) is 0 Å². The summed E-state index contributed by atoms with van der Waals surface area (Å²) >= 11 is -3.39. The van der Waals surface area contributed by atoms with Gasteiger partial charge in [0.15, 0.2) is 0 Å². The first-order valence-corrected chi connectivity index (χ1v) is 22.7. The molecule has 0 aliphatic heterocycles. The number of allylic oxidation sites excluding steroid dienone is 20. The molecule has 4 aliphatic carbocycles. The summed E-state index contributed by atoms with van der Waals surface area (Å²) in [6.07, 6.45) is 33.9. The molecule has 0 bridgehead atoms. The van der Waals surface area contributed by atoms with Crippen LogP contribution in [0.4, 0.5) is 0 Å². The molecule has 0 aromatic rings. The fourth-order valence-electron chi connectivity index (χ4n) is 4.49. The summed E-state index contributed by atoms with van der Waals surface area (Å²) in [5.41, 5.74) is 5.90. The summed E-state index contributed by atoms with van der Waals surface area (Å²) in [7, 11) is 0. The van der Waals surface area contributed by atoms with Crippen LogP contribution in [0, 0.1) is 0 Å². The molecule has 146 valence electrons. The molecule has 0 saturated carbocycles. The zero-order valence-corrected chi connectivity index (χ0v) is 22.0. The van der Waals surface area contributed by atoms with Crippen LogP contribution in [0.25, 0.3) is 0 Å². The minimum absolute atomic E-state index is 0. The maximum absolute atomic E-state index is 3.39. The van der Waals surface area contributed by atoms with Gasteiger partial charge in [0.05, 0.1) is 0 Å². The summed E-state index contributed by atoms with van der Waals surface area (Å²) in [6, 6.07) is 0. The molecule has 0 saturated heterocycles. The molecule has 4 rings (SSSR count). The third-order valence-electron chi connectivity index (χ3n) is 5.84. The van der Waals surface area contributed by atoms with E-state index in [4.69, 9.17) is 0 Å². The second-order valence-corrected chi connectivity index (χ2v) is 36.8. The summed E-state index contributed by atoms with van der Waals surface area (Å²) in [6.45, 7) is 2.33. The van der Waals surface area contributed by atoms with Crippen molar-refractivity contribution in [2.45, 2.75) is 22.1 Å². The van der Waals surface area contributed by atoms with E-state index < -0.39 is 17.4 Å². The Morgan fingerprint density at radius 3 is 1.50 bits per heavy atom. The molecular formula is C24H28Cl2SiZr. The zero-order chi connectivity index (χ0) is 18.2. The van der Waals surface area contributed by atoms with Crippen molar-refractivity contribution in [2.24, 2.45) is 0 Å². The van der Waals surface area contributed by atoms with Crippen molar-refractivity contribution in [3.8, 4) is 0 Å². The van der Waals surface area contributed by atoms with Crippen LogP contribution in [0.1, 0.15) is 12.8 Å². The third-order valence-corrected chi connectivity index (χ3v) is 21.1. The third kappa shape index (κ3) is 4.17. The molecule has 0 heterocycles. The molecule has 4 aliphatic rings. The standard InChI is InChI=1S/2C11H9.2CH3.2ClH.H2Si.Zr/c2*1-2-4-7-11-9-5-8-10(11)6-3-1;;;;;;/h2*1-6,8H,9H2;2*1H3;2*1H;1H2;. The molecule has 0 radical (unpaired) electrons. The average Bonchev–Trinajstić information content (AvgIpc) is 3.15. The van der Waals surface area contributed by atoms with Crippen LogP contribution in [-0.2, 0) is 17.4 Å². The van der Waals surface area contributed by atoms with Crippen molar-refractivity contribution in [3.63, 3.8) is 0 Å². The van der Waals surface area contributed by atoms with Gasteiger partial charge >= 0.3 is 160 Å². The van der Waals surface area contributed by atoms with Crippen molar-refractivity contribution in [1.29, 1.82) is 0 Å². The molecule has 0 unspecified atom stereocenters. The van der Waals surface area contributed by atoms with E-state index >= 15 is 0 Å². The Kier molecular flexibility index (Phi) is 7.37. The number of rotatable bonds is 2. The van der Waals surface area contributed by atoms with Gasteiger partial charge in [0, 0.05) is 0 Å². The second-order valence-electron chi connectivity index (χ2n) is 8.42. The van der Waals surface area contributed by atoms with Gasteiger partial charge in [-0.25, -0.2) is 0 Å². The Balaban J connectivity index is 0.00000140. The molecule has 0 amide bonds. The van der Waals surface area contributed by atoms with Crippen molar-refractivity contribution in [2.75, 3.05) is 0 Å². The van der Waals surface area contributed by atoms with E-state index in [1.807, 2.05) is 0 Å². The van der Waals surface area contributed by atoms with Gasteiger partial charge in [0.25, 0.3) is 0 Å². The van der Waals surface area contributed by atoms with Gasteiger partial charge in [-0.3, -0.25) is 0 Å². The minimum atomic E-state index is -3.39. The Morgan fingerprint density at radius 1 is 0.643 bits per heavy atom. The molecule has 0 N–H and O–H groups in total. The van der Waals surface area contributed by atoms with E-state index in [0.717, 1.165) is 12.8 Å². The summed E-state index contributed by atoms with van der Waals surface area (Å²) < 4.78 is 8.49. The fraction of sp³-hybridized carbons (Fsp3) is 0.167. The monoisotopic (exact) mass is 504 g/mol. The Hall–Kier alpha value is -0.920. The van der Waals surface area contributed by atoms with Crippen LogP contribution in [0.3, 0.4) is 0 Å². The summed E-state index contributed by atoms with van der Waals surface area (Å²) in [5.74, 6) is 0. The Bertz CT molecular complexity index is 966. The van der Waals surface area contributed by atoms with E-state index in [-0.39, 0.29) is 24.8 Å². The molecule has 4 heteroatoms. The van der Waals surface area contributed by atoms with E-state index in [1.165, 1.54) is 11.1 Å². The number of halogens is 2. The first kappa shape index (κ1) is 23.4. The van der Waals surface area contributed by atoms with Gasteiger partial charge < -0.3 is 0 Å². The van der Waals surface area contributed by atoms with Crippen LogP contribution in [0.2, 0.25) is 9.26 Å². The number of hydrogen-bond acceptors (Lipinski definition) is 0. The zero-order valence-electron chi connectivity index (χ0n) is 16.5. The van der Waals surface area contributed by atoms with Gasteiger partial charge in [0.1, 0.15) is 0 Å². The molecule has 0 nitrogen and oxygen atoms in total. The van der Waals surface area contributed by atoms with Crippen LogP contribution in [0.5, 0.6) is 0 Å². The predicted molar refractivity (Wildman–Crippen MR) is 129 cm³/mol. The molecule has 0 atom stereocenters. The van der Waals surface area contributed by atoms with E-state index in [2.05, 4.69) is 101 Å². The SMILES string of the molecule is Cl.Cl.[CH3][Zr]([CH3])(=[SiH2])([C]1=C2CC=CC2=CC=CC=C1)[C]1=C2CC=CC2=CC=CC=C1. The van der Waals surface area contributed by atoms with Crippen LogP contribution < -0.4 is 0 Å². The van der Waals surface area contributed by atoms with Crippen LogP contribution in [0.15, 0.2) is 114 Å². The van der Waals surface area contributed by atoms with Gasteiger partial charge in [0.2, 0.25) is 0 Å². The topological polar surface area (TPSA) is 0 Å². The first-order chi connectivity index (χ1) is 12.5. The number of hydrogen-bond donors (Lipinski definition) is 0. The van der Waals surface area contributed by atoms with E-state index in [1.54, 1.807) is 17.7 Å². The molecule has 0 aromatic heterocycles. The molecular weight excluding hydrogens is 478 g/mol. The predicted octanol–water partition coefficient (Wildman–Crippen LogP) is 6.70. The summed E-state index contributed by atoms with van der Waals surface area (Å²) in [4.78, 5) is 0. The van der Waals surface area contributed by atoms with Gasteiger partial charge in [-0.15, -0.1) is 24.8 Å². The maximum atomic E-state index is 2.61. The van der Waals surface area contributed by atoms with Crippen molar-refractivity contribution >= 4 is 31.7 Å². The first-order valence-electron chi connectivity index (χ1n) is 9.44. The Morgan fingerprint density at radius 2 is 1.07 bits per heavy atom. The fourth-order valence-corrected chi connectivity index (χ4v) is 18.2. The number of fused-ring (bicyclic) bond motifs is 2. The van der Waals surface area contributed by atoms with Crippen molar-refractivity contribution < 1.29 is 17.4 Å². The van der Waals surface area contributed by atoms with Crippen molar-refractivity contribution in [1.82, 2.24) is 0 Å². The van der Waals surface area contributed by atoms with E-state index in [0.29, 0.717) is 0 Å². The Labute approximate surface area is 183 Å². The van der Waals surface area contributed by atoms with Crippen LogP contribution in [-0.4, -0.2) is 6.88 Å². The van der Waals surface area contributed by atoms with Gasteiger partial charge in [-0.2, -0.15) is 0 Å². The molecule has 28 heavy (non-hydrogen) atoms. The normalized spacial score (nSPS) is 20.4. The second kappa shape index (κ2) is 8.84. The van der Waals surface area contributed by atoms with Gasteiger partial charge in [-0.05, 0) is 0 Å². The van der Waals surface area contributed by atoms with Crippen molar-refractivity contribution in [3.05, 3.63) is 114 Å². The molecule has 0 fully saturated rings. The van der Waals surface area contributed by atoms with E-state index in [9.17, 15) is 0 Å². The average molecular weight is 507 g/mol. The molecule has 0 aromatic carbocycles. The van der Waals surface area contributed by atoms with Crippen LogP contribution >= 0.6 is 24.8 Å².